The van der Waals surface area contributed by atoms with Crippen molar-refractivity contribution in [3.8, 4) is 5.75 Å². The number of amides is 1. The first-order valence-corrected chi connectivity index (χ1v) is 5.35. The van der Waals surface area contributed by atoms with Crippen LogP contribution >= 0.6 is 11.6 Å². The highest BCUT2D eigenvalue weighted by molar-refractivity contribution is 6.20. The van der Waals surface area contributed by atoms with Crippen molar-refractivity contribution in [2.75, 3.05) is 6.54 Å². The largest absolute Gasteiger partial charge is 0.507 e. The van der Waals surface area contributed by atoms with Crippen LogP contribution in [0.5, 0.6) is 5.75 Å². The summed E-state index contributed by atoms with van der Waals surface area (Å²) in [6.07, 6.45) is 0.614. The van der Waals surface area contributed by atoms with Gasteiger partial charge >= 0.3 is 0 Å². The molecule has 0 heterocycles. The maximum absolute atomic E-state index is 12.8. The molecular formula is C11H13ClFNO2. The Labute approximate surface area is 98.2 Å². The van der Waals surface area contributed by atoms with E-state index in [9.17, 15) is 14.3 Å². The summed E-state index contributed by atoms with van der Waals surface area (Å²) >= 11 is 5.70. The van der Waals surface area contributed by atoms with Crippen LogP contribution in [0.25, 0.3) is 0 Å². The molecule has 1 aromatic rings. The van der Waals surface area contributed by atoms with Gasteiger partial charge in [0.15, 0.2) is 0 Å². The van der Waals surface area contributed by atoms with Gasteiger partial charge < -0.3 is 10.4 Å². The molecular weight excluding hydrogens is 233 g/mol. The lowest BCUT2D eigenvalue weighted by molar-refractivity contribution is 0.0950. The highest BCUT2D eigenvalue weighted by Gasteiger charge is 2.11. The number of rotatable bonds is 4. The molecule has 1 unspecified atom stereocenters. The van der Waals surface area contributed by atoms with Crippen LogP contribution in [-0.2, 0) is 0 Å². The number of alkyl halides is 1. The van der Waals surface area contributed by atoms with Gasteiger partial charge in [0.05, 0.1) is 5.56 Å². The van der Waals surface area contributed by atoms with Gasteiger partial charge in [-0.3, -0.25) is 4.79 Å². The van der Waals surface area contributed by atoms with Crippen LogP contribution < -0.4 is 5.32 Å². The Morgan fingerprint density at radius 3 is 2.94 bits per heavy atom. The standard InChI is InChI=1S/C11H13ClFNO2/c1-7(12)4-5-14-11(16)9-6-8(13)2-3-10(9)15/h2-3,6-7,15H,4-5H2,1H3,(H,14,16). The van der Waals surface area contributed by atoms with E-state index in [-0.39, 0.29) is 16.7 Å². The highest BCUT2D eigenvalue weighted by atomic mass is 35.5. The molecule has 1 amide bonds. The summed E-state index contributed by atoms with van der Waals surface area (Å²) in [5.41, 5.74) is -0.0674. The van der Waals surface area contributed by atoms with Crippen molar-refractivity contribution in [2.24, 2.45) is 0 Å². The van der Waals surface area contributed by atoms with E-state index in [1.165, 1.54) is 0 Å². The van der Waals surface area contributed by atoms with Crippen LogP contribution in [0.4, 0.5) is 4.39 Å². The van der Waals surface area contributed by atoms with Crippen molar-refractivity contribution in [1.29, 1.82) is 0 Å². The van der Waals surface area contributed by atoms with Crippen LogP contribution in [0.1, 0.15) is 23.7 Å². The lowest BCUT2D eigenvalue weighted by Crippen LogP contribution is -2.25. The second kappa shape index (κ2) is 5.70. The Morgan fingerprint density at radius 1 is 1.62 bits per heavy atom. The Bertz CT molecular complexity index is 382. The number of halogens is 2. The van der Waals surface area contributed by atoms with Crippen molar-refractivity contribution in [3.05, 3.63) is 29.6 Å². The van der Waals surface area contributed by atoms with Crippen LogP contribution in [0.2, 0.25) is 0 Å². The highest BCUT2D eigenvalue weighted by Crippen LogP contribution is 2.17. The Kier molecular flexibility index (Phi) is 4.55. The first-order valence-electron chi connectivity index (χ1n) is 4.91. The molecule has 0 fully saturated rings. The summed E-state index contributed by atoms with van der Waals surface area (Å²) in [5, 5.41) is 11.9. The van der Waals surface area contributed by atoms with E-state index in [0.717, 1.165) is 18.2 Å². The van der Waals surface area contributed by atoms with E-state index >= 15 is 0 Å². The number of hydrogen-bond donors (Lipinski definition) is 2. The minimum atomic E-state index is -0.561. The SMILES string of the molecule is CC(Cl)CCNC(=O)c1cc(F)ccc1O. The number of phenols is 1. The zero-order chi connectivity index (χ0) is 12.1. The normalized spacial score (nSPS) is 12.2. The third-order valence-electron chi connectivity index (χ3n) is 2.03. The molecule has 0 saturated heterocycles. The number of carbonyl (C=O) groups is 1. The average molecular weight is 246 g/mol. The quantitative estimate of drug-likeness (QED) is 0.800. The number of carbonyl (C=O) groups excluding carboxylic acids is 1. The fourth-order valence-electron chi connectivity index (χ4n) is 1.17. The zero-order valence-electron chi connectivity index (χ0n) is 8.84. The first-order chi connectivity index (χ1) is 7.50. The number of phenolic OH excluding ortho intramolecular Hbond substituents is 1. The number of hydrogen-bond acceptors (Lipinski definition) is 2. The average Bonchev–Trinajstić information content (AvgIpc) is 2.21. The van der Waals surface area contributed by atoms with E-state index in [2.05, 4.69) is 5.32 Å². The van der Waals surface area contributed by atoms with Crippen molar-refractivity contribution >= 4 is 17.5 Å². The molecule has 0 aliphatic carbocycles. The lowest BCUT2D eigenvalue weighted by Gasteiger charge is -2.07. The van der Waals surface area contributed by atoms with Crippen molar-refractivity contribution in [2.45, 2.75) is 18.7 Å². The second-order valence-corrected chi connectivity index (χ2v) is 4.23. The molecule has 0 aromatic heterocycles. The molecule has 16 heavy (non-hydrogen) atoms. The summed E-state index contributed by atoms with van der Waals surface area (Å²) in [7, 11) is 0. The fourth-order valence-corrected chi connectivity index (χ4v) is 1.28. The van der Waals surface area contributed by atoms with Crippen LogP contribution in [0.3, 0.4) is 0 Å². The van der Waals surface area contributed by atoms with Gasteiger partial charge in [-0.1, -0.05) is 0 Å². The minimum absolute atomic E-state index is 0.0404. The van der Waals surface area contributed by atoms with E-state index in [1.54, 1.807) is 0 Å². The predicted octanol–water partition coefficient (Wildman–Crippen LogP) is 2.28. The van der Waals surface area contributed by atoms with Crippen molar-refractivity contribution in [1.82, 2.24) is 5.32 Å². The zero-order valence-corrected chi connectivity index (χ0v) is 9.59. The smallest absolute Gasteiger partial charge is 0.255 e. The molecule has 0 radical (unpaired) electrons. The molecule has 0 aliphatic heterocycles. The Balaban J connectivity index is 2.62. The molecule has 0 bridgehead atoms. The van der Waals surface area contributed by atoms with E-state index in [4.69, 9.17) is 11.6 Å². The number of aromatic hydroxyl groups is 1. The van der Waals surface area contributed by atoms with Gasteiger partial charge in [0, 0.05) is 11.9 Å². The Hall–Kier alpha value is -1.29. The minimum Gasteiger partial charge on any atom is -0.507 e. The summed E-state index contributed by atoms with van der Waals surface area (Å²) in [5.74, 6) is -1.30. The van der Waals surface area contributed by atoms with Gasteiger partial charge in [0.2, 0.25) is 0 Å². The lowest BCUT2D eigenvalue weighted by atomic mass is 10.2. The Morgan fingerprint density at radius 2 is 2.31 bits per heavy atom. The van der Waals surface area contributed by atoms with Gasteiger partial charge in [-0.15, -0.1) is 11.6 Å². The maximum atomic E-state index is 12.8. The second-order valence-electron chi connectivity index (χ2n) is 3.49. The molecule has 5 heteroatoms. The molecule has 2 N–H and O–H groups in total. The van der Waals surface area contributed by atoms with Crippen molar-refractivity contribution < 1.29 is 14.3 Å². The predicted molar refractivity (Wildman–Crippen MR) is 60.3 cm³/mol. The van der Waals surface area contributed by atoms with E-state index in [0.29, 0.717) is 13.0 Å². The van der Waals surface area contributed by atoms with Crippen LogP contribution in [0, 0.1) is 5.82 Å². The van der Waals surface area contributed by atoms with Gasteiger partial charge in [0.25, 0.3) is 5.91 Å². The molecule has 0 spiro atoms. The number of benzene rings is 1. The third kappa shape index (κ3) is 3.70. The van der Waals surface area contributed by atoms with Gasteiger partial charge in [-0.05, 0) is 31.5 Å². The topological polar surface area (TPSA) is 49.3 Å². The summed E-state index contributed by atoms with van der Waals surface area (Å²) in [6.45, 7) is 2.20. The fraction of sp³-hybridized carbons (Fsp3) is 0.364. The monoisotopic (exact) mass is 245 g/mol. The number of nitrogens with one attached hydrogen (secondary N) is 1. The molecule has 88 valence electrons. The summed E-state index contributed by atoms with van der Waals surface area (Å²) in [4.78, 5) is 11.5. The van der Waals surface area contributed by atoms with E-state index < -0.39 is 11.7 Å². The van der Waals surface area contributed by atoms with Gasteiger partial charge in [-0.2, -0.15) is 0 Å². The molecule has 3 nitrogen and oxygen atoms in total. The van der Waals surface area contributed by atoms with Crippen LogP contribution in [-0.4, -0.2) is 22.9 Å². The van der Waals surface area contributed by atoms with Gasteiger partial charge in [0.1, 0.15) is 11.6 Å². The molecule has 1 aromatic carbocycles. The first kappa shape index (κ1) is 12.8. The van der Waals surface area contributed by atoms with Crippen LogP contribution in [0.15, 0.2) is 18.2 Å². The van der Waals surface area contributed by atoms with E-state index in [1.807, 2.05) is 6.92 Å². The van der Waals surface area contributed by atoms with Gasteiger partial charge in [-0.25, -0.2) is 4.39 Å². The molecule has 0 aliphatic rings. The maximum Gasteiger partial charge on any atom is 0.255 e. The summed E-state index contributed by atoms with van der Waals surface area (Å²) in [6, 6.07) is 3.23. The third-order valence-corrected chi connectivity index (χ3v) is 2.25. The molecule has 1 atom stereocenters. The van der Waals surface area contributed by atoms with Crippen molar-refractivity contribution in [3.63, 3.8) is 0 Å². The molecule has 1 rings (SSSR count). The molecule has 0 saturated carbocycles. The summed E-state index contributed by atoms with van der Waals surface area (Å²) < 4.78 is 12.8.